The zero-order valence-corrected chi connectivity index (χ0v) is 79.9. The number of hydrogen-bond donors (Lipinski definition) is 0. The monoisotopic (exact) mass is 1790 g/mol. The highest BCUT2D eigenvalue weighted by molar-refractivity contribution is 7.25. The molecule has 0 radical (unpaired) electrons. The second-order valence-electron chi connectivity index (χ2n) is 39.6. The maximum Gasteiger partial charge on any atom is 0.164 e. The van der Waals surface area contributed by atoms with Crippen molar-refractivity contribution in [2.45, 2.75) is 116 Å². The predicted octanol–water partition coefficient (Wildman–Crippen LogP) is 32.8. The summed E-state index contributed by atoms with van der Waals surface area (Å²) in [7, 11) is 0. The Morgan fingerprint density at radius 3 is 0.818 bits per heavy atom. The maximum atomic E-state index is 5.17. The van der Waals surface area contributed by atoms with E-state index in [1.54, 1.807) is 0 Å². The summed E-state index contributed by atoms with van der Waals surface area (Å²) < 4.78 is 2.55. The lowest BCUT2D eigenvalue weighted by atomic mass is 9.55. The molecule has 0 unspecified atom stereocenters. The SMILES string of the molecule is CC1(C)c2cc(-c3ccccc3)ccc2-c2ccc(-c3ccccc3-c3nc(-c4ccccc4)nc(-c4ccccc4)n3)cc2C1(C)C.CC1(C)c2cc(-c3ccccc3)ccc2-c2ccc(-c3nc(-c4ccccc4)nc(-c4ccc5sc6ccccc6c5c4)n3)cc2C1(C)C.CC1(C)c2ccccc2-c2ccc(-c3nc(-c4ccccc4)nc(-c4ccc5ccccc5c4)n3)cc2C1(C)C. The zero-order chi connectivity index (χ0) is 93.7. The number of aromatic nitrogens is 9. The van der Waals surface area contributed by atoms with Crippen molar-refractivity contribution in [1.82, 2.24) is 44.9 Å². The molecule has 0 fully saturated rings. The summed E-state index contributed by atoms with van der Waals surface area (Å²) in [6.07, 6.45) is 0. The van der Waals surface area contributed by atoms with Crippen molar-refractivity contribution in [3.63, 3.8) is 0 Å². The van der Waals surface area contributed by atoms with Gasteiger partial charge in [-0.1, -0.05) is 429 Å². The second kappa shape index (κ2) is 34.3. The van der Waals surface area contributed by atoms with Crippen molar-refractivity contribution in [3.05, 3.63) is 440 Å². The van der Waals surface area contributed by atoms with Gasteiger partial charge in [-0.15, -0.1) is 11.3 Å². The average molecular weight is 1790 g/mol. The van der Waals surface area contributed by atoms with Crippen LogP contribution in [0, 0.1) is 0 Å². The van der Waals surface area contributed by atoms with Gasteiger partial charge in [-0.2, -0.15) is 0 Å². The molecular formula is C127H103N9S. The molecule has 4 aromatic heterocycles. The highest BCUT2D eigenvalue weighted by atomic mass is 32.1. The predicted molar refractivity (Wildman–Crippen MR) is 570 cm³/mol. The number of fused-ring (bicyclic) bond motifs is 13. The fraction of sp³-hybridized carbons (Fsp3) is 0.142. The fourth-order valence-corrected chi connectivity index (χ4v) is 21.7. The summed E-state index contributed by atoms with van der Waals surface area (Å²) in [5.74, 6) is 6.06. The number of thiophene rings is 1. The van der Waals surface area contributed by atoms with Gasteiger partial charge >= 0.3 is 0 Å². The molecule has 0 N–H and O–H groups in total. The molecule has 21 aromatic rings. The molecule has 4 heterocycles. The van der Waals surface area contributed by atoms with Gasteiger partial charge in [-0.05, 0) is 204 Å². The van der Waals surface area contributed by atoms with Crippen LogP contribution in [-0.4, -0.2) is 44.9 Å². The van der Waals surface area contributed by atoms with Crippen molar-refractivity contribution in [1.29, 1.82) is 0 Å². The number of nitrogens with zero attached hydrogens (tertiary/aromatic N) is 9. The first kappa shape index (κ1) is 86.6. The van der Waals surface area contributed by atoms with Crippen LogP contribution in [0.1, 0.15) is 116 Å². The minimum atomic E-state index is -0.163. The van der Waals surface area contributed by atoms with Gasteiger partial charge in [0.25, 0.3) is 0 Å². The van der Waals surface area contributed by atoms with Gasteiger partial charge in [0.05, 0.1) is 0 Å². The molecule has 17 aromatic carbocycles. The minimum absolute atomic E-state index is 0.0419. The second-order valence-corrected chi connectivity index (χ2v) is 40.7. The van der Waals surface area contributed by atoms with Crippen LogP contribution in [0.4, 0.5) is 0 Å². The minimum Gasteiger partial charge on any atom is -0.208 e. The van der Waals surface area contributed by atoms with E-state index in [0.717, 1.165) is 61.2 Å². The van der Waals surface area contributed by atoms with Gasteiger partial charge in [0, 0.05) is 70.2 Å². The first-order chi connectivity index (χ1) is 66.4. The van der Waals surface area contributed by atoms with Crippen LogP contribution in [0.2, 0.25) is 0 Å². The summed E-state index contributed by atoms with van der Waals surface area (Å²) >= 11 is 1.82. The van der Waals surface area contributed by atoms with Gasteiger partial charge in [0.1, 0.15) is 0 Å². The number of benzene rings is 17. The highest BCUT2D eigenvalue weighted by Crippen LogP contribution is 2.59. The molecule has 0 amide bonds. The maximum absolute atomic E-state index is 5.17. The Bertz CT molecular complexity index is 8190. The summed E-state index contributed by atoms with van der Waals surface area (Å²) in [6.45, 7) is 28.5. The Kier molecular flexibility index (Phi) is 21.7. The molecule has 662 valence electrons. The van der Waals surface area contributed by atoms with E-state index in [1.165, 1.54) is 120 Å². The quantitative estimate of drug-likeness (QED) is 0.118. The van der Waals surface area contributed by atoms with E-state index in [0.29, 0.717) is 52.4 Å². The Hall–Kier alpha value is -15.8. The molecule has 3 aliphatic rings. The topological polar surface area (TPSA) is 116 Å². The Balaban J connectivity index is 0.000000120. The van der Waals surface area contributed by atoms with E-state index >= 15 is 0 Å². The smallest absolute Gasteiger partial charge is 0.164 e. The van der Waals surface area contributed by atoms with Crippen molar-refractivity contribution < 1.29 is 0 Å². The lowest BCUT2D eigenvalue weighted by molar-refractivity contribution is 0.299. The standard InChI is InChI=1S/C45H35N3S.C45H37N3.C37H31N3/c1-44(2)37-26-30(28-13-7-5-8-14-28)19-22-33(37)34-23-20-32(27-38(34)45(44,3)4)43-47-41(29-15-9-6-10-16-29)46-42(48-43)31-21-24-40-36(25-31)35-17-11-12-18-39(35)49-40;1-44(2)39-28-33(30-16-8-5-9-17-30)24-26-36(39)37-27-25-34(29-40(37)45(44,3)4)35-22-14-15-23-38(35)43-47-41(31-18-10-6-11-19-31)46-42(48-43)32-20-12-7-13-21-32;1-36(2)31-17-11-10-16-29(31)30-21-20-28(23-32(30)37(36,3)4)35-39-33(25-13-6-5-7-14-25)38-34(40-35)27-19-18-24-12-8-9-15-26(24)22-27/h5-27H,1-4H3;5-29H,1-4H3;5-23H,1-4H3. The van der Waals surface area contributed by atoms with Crippen LogP contribution >= 0.6 is 11.3 Å². The Morgan fingerprint density at radius 1 is 0.146 bits per heavy atom. The molecule has 10 heteroatoms. The molecular weight excluding hydrogens is 1680 g/mol. The molecule has 0 bridgehead atoms. The molecule has 24 rings (SSSR count). The van der Waals surface area contributed by atoms with E-state index in [4.69, 9.17) is 44.9 Å². The van der Waals surface area contributed by atoms with Gasteiger partial charge in [0.15, 0.2) is 52.4 Å². The average Bonchev–Trinajstić information content (AvgIpc) is 1.12. The van der Waals surface area contributed by atoms with E-state index < -0.39 is 0 Å². The third kappa shape index (κ3) is 15.4. The van der Waals surface area contributed by atoms with Gasteiger partial charge in [-0.25, -0.2) is 44.9 Å². The molecule has 0 aliphatic heterocycles. The molecule has 0 saturated carbocycles. The summed E-state index contributed by atoms with van der Waals surface area (Å²) in [5.41, 5.74) is 31.3. The normalized spacial score (nSPS) is 14.5. The van der Waals surface area contributed by atoms with E-state index in [1.807, 2.05) is 108 Å². The van der Waals surface area contributed by atoms with Crippen LogP contribution in [0.3, 0.4) is 0 Å². The largest absolute Gasteiger partial charge is 0.208 e. The van der Waals surface area contributed by atoms with E-state index in [2.05, 4.69) is 392 Å². The molecule has 0 atom stereocenters. The lowest BCUT2D eigenvalue weighted by Crippen LogP contribution is -2.43. The summed E-state index contributed by atoms with van der Waals surface area (Å²) in [5, 5.41) is 4.86. The van der Waals surface area contributed by atoms with Gasteiger partial charge in [0.2, 0.25) is 0 Å². The van der Waals surface area contributed by atoms with E-state index in [-0.39, 0.29) is 32.5 Å². The summed E-state index contributed by atoms with van der Waals surface area (Å²) in [4.78, 5) is 45.4. The van der Waals surface area contributed by atoms with Crippen molar-refractivity contribution in [2.24, 2.45) is 0 Å². The van der Waals surface area contributed by atoms with Crippen LogP contribution in [0.25, 0.3) is 200 Å². The lowest BCUT2D eigenvalue weighted by Gasteiger charge is -2.48. The van der Waals surface area contributed by atoms with Crippen LogP contribution < -0.4 is 0 Å². The Morgan fingerprint density at radius 2 is 0.401 bits per heavy atom. The zero-order valence-electron chi connectivity index (χ0n) is 79.1. The summed E-state index contributed by atoms with van der Waals surface area (Å²) in [6, 6.07) is 144. The van der Waals surface area contributed by atoms with Crippen molar-refractivity contribution in [2.75, 3.05) is 0 Å². The third-order valence-electron chi connectivity index (χ3n) is 30.5. The van der Waals surface area contributed by atoms with Crippen LogP contribution in [0.15, 0.2) is 406 Å². The first-order valence-corrected chi connectivity index (χ1v) is 48.2. The van der Waals surface area contributed by atoms with Crippen LogP contribution in [0.5, 0.6) is 0 Å². The van der Waals surface area contributed by atoms with Crippen molar-refractivity contribution in [3.8, 4) is 169 Å². The van der Waals surface area contributed by atoms with Gasteiger partial charge in [-0.3, -0.25) is 0 Å². The number of rotatable bonds is 12. The number of hydrogen-bond acceptors (Lipinski definition) is 10. The first-order valence-electron chi connectivity index (χ1n) is 47.4. The molecule has 137 heavy (non-hydrogen) atoms. The van der Waals surface area contributed by atoms with Crippen molar-refractivity contribution >= 4 is 42.3 Å². The Labute approximate surface area is 806 Å². The molecule has 9 nitrogen and oxygen atoms in total. The van der Waals surface area contributed by atoms with E-state index in [9.17, 15) is 0 Å². The fourth-order valence-electron chi connectivity index (χ4n) is 20.6. The third-order valence-corrected chi connectivity index (χ3v) is 31.7. The molecule has 3 aliphatic carbocycles. The highest BCUT2D eigenvalue weighted by Gasteiger charge is 2.49. The molecule has 0 spiro atoms. The van der Waals surface area contributed by atoms with Gasteiger partial charge < -0.3 is 0 Å². The van der Waals surface area contributed by atoms with Crippen LogP contribution in [-0.2, 0) is 32.5 Å². The molecule has 0 saturated heterocycles.